The number of fused-ring (bicyclic) bond motifs is 2. The molecule has 0 aliphatic heterocycles. The maximum absolute atomic E-state index is 9.04. The Morgan fingerprint density at radius 1 is 0.500 bits per heavy atom. The zero-order chi connectivity index (χ0) is 37.8. The molecular formula is C50H49Cl2SiZr. The van der Waals surface area contributed by atoms with Crippen molar-refractivity contribution in [2.24, 2.45) is 0 Å². The Balaban J connectivity index is 1.46. The van der Waals surface area contributed by atoms with Crippen LogP contribution in [-0.2, 0) is 28.4 Å². The van der Waals surface area contributed by atoms with Crippen molar-refractivity contribution in [2.45, 2.75) is 60.9 Å². The summed E-state index contributed by atoms with van der Waals surface area (Å²) in [6, 6.07) is 49.2. The van der Waals surface area contributed by atoms with E-state index in [9.17, 15) is 0 Å². The number of benzene rings is 6. The van der Waals surface area contributed by atoms with Crippen LogP contribution in [0.25, 0.3) is 45.6 Å². The summed E-state index contributed by atoms with van der Waals surface area (Å²) in [5, 5.41) is 0. The topological polar surface area (TPSA) is 0 Å². The number of hydrogen-bond donors (Lipinski definition) is 0. The van der Waals surface area contributed by atoms with Gasteiger partial charge in [-0.25, -0.2) is 0 Å². The average molecular weight is 840 g/mol. The van der Waals surface area contributed by atoms with Crippen LogP contribution in [0.2, 0.25) is 13.1 Å². The first kappa shape index (κ1) is 37.4. The second kappa shape index (κ2) is 14.5. The Hall–Kier alpha value is -3.52. The van der Waals surface area contributed by atoms with E-state index in [4.69, 9.17) is 17.0 Å². The molecule has 2 aliphatic carbocycles. The van der Waals surface area contributed by atoms with Gasteiger partial charge in [0.1, 0.15) is 0 Å². The van der Waals surface area contributed by atoms with Crippen molar-refractivity contribution in [1.82, 2.24) is 0 Å². The molecule has 8 rings (SSSR count). The summed E-state index contributed by atoms with van der Waals surface area (Å²) in [5.41, 5.74) is 20.7. The number of allylic oxidation sites excluding steroid dienone is 2. The Morgan fingerprint density at radius 2 is 0.870 bits per heavy atom. The first-order valence-electron chi connectivity index (χ1n) is 19.6. The molecule has 0 saturated heterocycles. The molecule has 0 spiro atoms. The van der Waals surface area contributed by atoms with Crippen molar-refractivity contribution in [1.29, 1.82) is 0 Å². The predicted molar refractivity (Wildman–Crippen MR) is 237 cm³/mol. The van der Waals surface area contributed by atoms with Crippen molar-refractivity contribution < 1.29 is 15.6 Å². The van der Waals surface area contributed by atoms with Gasteiger partial charge in [0.15, 0.2) is 0 Å². The molecule has 0 N–H and O–H groups in total. The van der Waals surface area contributed by atoms with Crippen LogP contribution in [-0.4, -0.2) is 5.92 Å². The molecule has 54 heavy (non-hydrogen) atoms. The van der Waals surface area contributed by atoms with E-state index in [1.54, 1.807) is 0 Å². The Kier molecular flexibility index (Phi) is 10.1. The van der Waals surface area contributed by atoms with E-state index in [1.165, 1.54) is 89.0 Å². The third-order valence-electron chi connectivity index (χ3n) is 12.6. The molecule has 0 amide bonds. The Labute approximate surface area is 331 Å². The van der Waals surface area contributed by atoms with E-state index >= 15 is 0 Å². The fourth-order valence-corrected chi connectivity index (χ4v) is 39.9. The summed E-state index contributed by atoms with van der Waals surface area (Å²) in [6.45, 7) is 13.9. The maximum atomic E-state index is 9.04. The number of halogens is 2. The van der Waals surface area contributed by atoms with Crippen molar-refractivity contribution in [2.75, 3.05) is 0 Å². The van der Waals surface area contributed by atoms with Gasteiger partial charge in [-0.2, -0.15) is 0 Å². The summed E-state index contributed by atoms with van der Waals surface area (Å²) < 4.78 is -0.162. The molecule has 0 nitrogen and oxygen atoms in total. The molecule has 0 bridgehead atoms. The van der Waals surface area contributed by atoms with Crippen LogP contribution < -0.4 is 0 Å². The summed E-state index contributed by atoms with van der Waals surface area (Å²) in [5.74, 6) is -1.84. The molecule has 6 aromatic carbocycles. The van der Waals surface area contributed by atoms with E-state index in [0.29, 0.717) is 0 Å². The predicted octanol–water partition coefficient (Wildman–Crippen LogP) is 14.6. The number of aryl methyl sites for hydroxylation is 4. The van der Waals surface area contributed by atoms with Gasteiger partial charge in [0.2, 0.25) is 0 Å². The summed E-state index contributed by atoms with van der Waals surface area (Å²) in [6.07, 6.45) is 6.91. The van der Waals surface area contributed by atoms with Crippen LogP contribution in [0, 0.1) is 13.8 Å². The molecule has 2 unspecified atom stereocenters. The third-order valence-corrected chi connectivity index (χ3v) is 64.1. The van der Waals surface area contributed by atoms with Gasteiger partial charge < -0.3 is 0 Å². The van der Waals surface area contributed by atoms with Crippen LogP contribution in [0.3, 0.4) is 0 Å². The molecule has 0 aromatic heterocycles. The van der Waals surface area contributed by atoms with E-state index in [2.05, 4.69) is 186 Å². The van der Waals surface area contributed by atoms with Crippen LogP contribution >= 0.6 is 17.0 Å². The summed E-state index contributed by atoms with van der Waals surface area (Å²) in [7, 11) is 18.1. The van der Waals surface area contributed by atoms with Gasteiger partial charge in [-0.3, -0.25) is 0 Å². The first-order chi connectivity index (χ1) is 26.1. The average Bonchev–Trinajstić information content (AvgIpc) is 3.80. The normalized spacial score (nSPS) is 17.1. The fraction of sp³-hybridized carbons (Fsp3) is 0.200. The molecule has 0 heterocycles. The Bertz CT molecular complexity index is 2290. The van der Waals surface area contributed by atoms with Crippen molar-refractivity contribution in [3.05, 3.63) is 189 Å². The standard InChI is InChI=1S/2C24H21.C2H7Si.2ClH.Zr/c2*1-3-18-9-7-8-12-22(18)24-17(2)13-14-20-15-21(16-23(20)24)19-10-5-4-6-11-19;1-3-2;;;/h2*4-16H,3H2,1-2H3;3H,1-2H3;2*1H;/q;;;;;+2/p-2. The van der Waals surface area contributed by atoms with Crippen LogP contribution in [0.15, 0.2) is 133 Å². The van der Waals surface area contributed by atoms with E-state index in [-0.39, 0.29) is 7.25 Å². The van der Waals surface area contributed by atoms with Gasteiger partial charge in [-0.15, -0.1) is 0 Å². The second-order valence-corrected chi connectivity index (χ2v) is 58.2. The molecule has 2 aliphatic rings. The van der Waals surface area contributed by atoms with Crippen molar-refractivity contribution in [3.8, 4) is 22.3 Å². The Morgan fingerprint density at radius 3 is 1.24 bits per heavy atom. The molecule has 0 fully saturated rings. The summed E-state index contributed by atoms with van der Waals surface area (Å²) in [4.78, 5) is 0. The van der Waals surface area contributed by atoms with Crippen LogP contribution in [0.5, 0.6) is 0 Å². The number of rotatable bonds is 9. The fourth-order valence-electron chi connectivity index (χ4n) is 9.76. The van der Waals surface area contributed by atoms with Gasteiger partial charge in [-0.05, 0) is 0 Å². The van der Waals surface area contributed by atoms with E-state index < -0.39 is 21.5 Å². The van der Waals surface area contributed by atoms with Gasteiger partial charge >= 0.3 is 334 Å². The van der Waals surface area contributed by atoms with Gasteiger partial charge in [0.25, 0.3) is 0 Å². The molecule has 271 valence electrons. The third kappa shape index (κ3) is 5.87. The summed E-state index contributed by atoms with van der Waals surface area (Å²) >= 11 is -5.22. The number of hydrogen-bond acceptors (Lipinski definition) is 0. The second-order valence-electron chi connectivity index (χ2n) is 15.7. The quantitative estimate of drug-likeness (QED) is 0.127. The zero-order valence-corrected chi connectivity index (χ0v) is 37.4. The molecule has 0 saturated carbocycles. The van der Waals surface area contributed by atoms with Crippen LogP contribution in [0.4, 0.5) is 0 Å². The first-order valence-corrected chi connectivity index (χ1v) is 35.9. The monoisotopic (exact) mass is 837 g/mol. The van der Waals surface area contributed by atoms with E-state index in [1.807, 2.05) is 0 Å². The molecular weight excluding hydrogens is 791 g/mol. The molecule has 6 aromatic rings. The van der Waals surface area contributed by atoms with Gasteiger partial charge in [0.05, 0.1) is 0 Å². The van der Waals surface area contributed by atoms with Crippen LogP contribution in [0.1, 0.15) is 76.7 Å². The molecule has 2 atom stereocenters. The minimum atomic E-state index is -5.22. The van der Waals surface area contributed by atoms with E-state index in [0.717, 1.165) is 12.8 Å². The van der Waals surface area contributed by atoms with Gasteiger partial charge in [-0.1, -0.05) is 0 Å². The molecule has 0 radical (unpaired) electrons. The van der Waals surface area contributed by atoms with Crippen molar-refractivity contribution >= 4 is 46.2 Å². The SMILES string of the molecule is CCc1ccccc1-c1c(C)ccc2c1C=C(c1ccccc1)[CH]2[Zr]([Cl])([Cl])([CH]1C(c2ccccc2)=Cc2c1ccc(C)c2-c1ccccc1CC)[SiH](C)C. The van der Waals surface area contributed by atoms with Gasteiger partial charge in [0, 0.05) is 0 Å². The minimum absolute atomic E-state index is 0.0808. The van der Waals surface area contributed by atoms with Crippen molar-refractivity contribution in [3.63, 3.8) is 0 Å². The zero-order valence-electron chi connectivity index (χ0n) is 32.3. The molecule has 4 heteroatoms.